The lowest BCUT2D eigenvalue weighted by atomic mass is 10.4. The maximum absolute atomic E-state index is 10.9. The van der Waals surface area contributed by atoms with E-state index >= 15 is 0 Å². The highest BCUT2D eigenvalue weighted by molar-refractivity contribution is 5.85. The first-order chi connectivity index (χ1) is 10.9. The molecule has 0 saturated carbocycles. The van der Waals surface area contributed by atoms with Crippen molar-refractivity contribution in [2.24, 2.45) is 14.1 Å². The summed E-state index contributed by atoms with van der Waals surface area (Å²) < 4.78 is 12.1. The Hall–Kier alpha value is -1.72. The summed E-state index contributed by atoms with van der Waals surface area (Å²) >= 11 is 0. The number of carboxylic acid groups (broad SMARTS) is 2. The van der Waals surface area contributed by atoms with Crippen LogP contribution >= 0.6 is 0 Å². The number of hydrogen-bond acceptors (Lipinski definition) is 3. The molecule has 140 valence electrons. The van der Waals surface area contributed by atoms with Gasteiger partial charge in [-0.15, -0.1) is 18.7 Å². The first kappa shape index (κ1) is 23.3. The number of carbonyl (C=O) groups is 2. The van der Waals surface area contributed by atoms with Gasteiger partial charge in [0.05, 0.1) is 14.1 Å². The highest BCUT2D eigenvalue weighted by atomic mass is 79.9. The number of hydrogen-bond donors (Lipinski definition) is 2. The highest BCUT2D eigenvalue weighted by Gasteiger charge is 2.18. The van der Waals surface area contributed by atoms with Crippen LogP contribution in [0.15, 0.2) is 24.5 Å². The minimum Gasteiger partial charge on any atom is -1.00 e. The second-order valence-corrected chi connectivity index (χ2v) is 5.00. The Morgan fingerprint density at radius 3 is 1.56 bits per heavy atom. The summed E-state index contributed by atoms with van der Waals surface area (Å²) in [6.07, 6.45) is 3.38. The maximum Gasteiger partial charge on any atom is 0.358 e. The van der Waals surface area contributed by atoms with Crippen molar-refractivity contribution in [2.75, 3.05) is 13.2 Å². The fourth-order valence-corrected chi connectivity index (χ4v) is 2.29. The zero-order chi connectivity index (χ0) is 17.0. The molecule has 2 aromatic heterocycles. The van der Waals surface area contributed by atoms with E-state index in [2.05, 4.69) is 0 Å². The topological polar surface area (TPSA) is 101 Å². The first-order valence-corrected chi connectivity index (χ1v) is 7.07. The van der Waals surface area contributed by atoms with Crippen molar-refractivity contribution in [3.8, 4) is 0 Å². The van der Waals surface area contributed by atoms with Gasteiger partial charge in [-0.25, -0.2) is 9.59 Å². The fraction of sp³-hybridized carbons (Fsp3) is 0.429. The Kier molecular flexibility index (Phi) is 9.60. The third-order valence-corrected chi connectivity index (χ3v) is 3.64. The summed E-state index contributed by atoms with van der Waals surface area (Å²) in [6.45, 7) is 1.92. The minimum atomic E-state index is -0.971. The van der Waals surface area contributed by atoms with Gasteiger partial charge in [0.15, 0.2) is 36.9 Å². The fourth-order valence-electron chi connectivity index (χ4n) is 2.29. The number of nitrogens with zero attached hydrogens (tertiary/aromatic N) is 4. The van der Waals surface area contributed by atoms with Crippen molar-refractivity contribution < 1.29 is 67.9 Å². The van der Waals surface area contributed by atoms with Gasteiger partial charge in [0.1, 0.15) is 13.2 Å². The molecule has 0 aliphatic carbocycles. The van der Waals surface area contributed by atoms with Gasteiger partial charge in [-0.2, -0.15) is 0 Å². The van der Waals surface area contributed by atoms with Crippen LogP contribution in [-0.4, -0.2) is 44.7 Å². The summed E-state index contributed by atoms with van der Waals surface area (Å²) in [7, 11) is 3.35. The van der Waals surface area contributed by atoms with Crippen LogP contribution in [0.4, 0.5) is 0 Å². The smallest absolute Gasteiger partial charge is 0.358 e. The lowest BCUT2D eigenvalue weighted by Gasteiger charge is -2.02. The quantitative estimate of drug-likeness (QED) is 0.287. The molecule has 0 radical (unpaired) electrons. The third-order valence-electron chi connectivity index (χ3n) is 3.64. The molecular weight excluding hydrogens is 464 g/mol. The average Bonchev–Trinajstić information content (AvgIpc) is 3.03. The molecule has 0 aliphatic rings. The van der Waals surface area contributed by atoms with E-state index in [1.54, 1.807) is 45.2 Å². The molecular formula is C14H20Br2N4O5. The molecule has 0 amide bonds. The van der Waals surface area contributed by atoms with Crippen molar-refractivity contribution in [1.29, 1.82) is 0 Å². The zero-order valence-electron chi connectivity index (χ0n) is 13.8. The molecule has 0 aromatic carbocycles. The molecule has 0 fully saturated rings. The number of carboxylic acids is 2. The van der Waals surface area contributed by atoms with E-state index in [1.807, 2.05) is 0 Å². The van der Waals surface area contributed by atoms with Crippen molar-refractivity contribution >= 4 is 11.9 Å². The van der Waals surface area contributed by atoms with Crippen LogP contribution in [0.1, 0.15) is 21.0 Å². The largest absolute Gasteiger partial charge is 1.00 e. The molecule has 9 nitrogen and oxygen atoms in total. The Labute approximate surface area is 165 Å². The van der Waals surface area contributed by atoms with Crippen LogP contribution in [0.2, 0.25) is 0 Å². The molecule has 11 heteroatoms. The summed E-state index contributed by atoms with van der Waals surface area (Å²) in [6, 6.07) is 3.07. The summed E-state index contributed by atoms with van der Waals surface area (Å²) in [5, 5.41) is 17.9. The lowest BCUT2D eigenvalue weighted by Crippen LogP contribution is -3.00. The Bertz CT molecular complexity index is 669. The number of aromatic carboxylic acids is 2. The predicted molar refractivity (Wildman–Crippen MR) is 76.0 cm³/mol. The predicted octanol–water partition coefficient (Wildman–Crippen LogP) is -6.94. The van der Waals surface area contributed by atoms with Gasteiger partial charge in [0.2, 0.25) is 0 Å². The Morgan fingerprint density at radius 1 is 0.920 bits per heavy atom. The monoisotopic (exact) mass is 482 g/mol. The summed E-state index contributed by atoms with van der Waals surface area (Å²) in [5.41, 5.74) is 0.427. The second-order valence-electron chi connectivity index (χ2n) is 5.00. The van der Waals surface area contributed by atoms with Crippen molar-refractivity contribution in [3.63, 3.8) is 0 Å². The number of halogens is 2. The van der Waals surface area contributed by atoms with Crippen LogP contribution in [-0.2, 0) is 31.9 Å². The van der Waals surface area contributed by atoms with E-state index in [0.717, 1.165) is 0 Å². The van der Waals surface area contributed by atoms with Crippen molar-refractivity contribution in [2.45, 2.75) is 13.1 Å². The van der Waals surface area contributed by atoms with Gasteiger partial charge < -0.3 is 48.9 Å². The molecule has 0 saturated heterocycles. The molecule has 0 atom stereocenters. The van der Waals surface area contributed by atoms with Gasteiger partial charge in [-0.3, -0.25) is 0 Å². The highest BCUT2D eigenvalue weighted by Crippen LogP contribution is 1.95. The van der Waals surface area contributed by atoms with Crippen LogP contribution in [0, 0.1) is 0 Å². The zero-order valence-corrected chi connectivity index (χ0v) is 17.0. The van der Waals surface area contributed by atoms with E-state index in [1.165, 1.54) is 12.1 Å². The molecule has 25 heavy (non-hydrogen) atoms. The molecule has 2 heterocycles. The van der Waals surface area contributed by atoms with Crippen LogP contribution in [0.3, 0.4) is 0 Å². The van der Waals surface area contributed by atoms with Gasteiger partial charge in [0, 0.05) is 12.1 Å². The Balaban J connectivity index is 0.00000288. The minimum absolute atomic E-state index is 0. The molecule has 2 rings (SSSR count). The van der Waals surface area contributed by atoms with Crippen molar-refractivity contribution in [3.05, 3.63) is 35.9 Å². The van der Waals surface area contributed by atoms with Crippen molar-refractivity contribution in [1.82, 2.24) is 9.36 Å². The summed E-state index contributed by atoms with van der Waals surface area (Å²) in [4.78, 5) is 21.9. The van der Waals surface area contributed by atoms with E-state index < -0.39 is 11.9 Å². The van der Waals surface area contributed by atoms with Crippen LogP contribution < -0.4 is 43.3 Å². The molecule has 2 aromatic rings. The molecule has 2 N–H and O–H groups in total. The lowest BCUT2D eigenvalue weighted by molar-refractivity contribution is -0.779. The second kappa shape index (κ2) is 10.3. The van der Waals surface area contributed by atoms with Crippen LogP contribution in [0.5, 0.6) is 0 Å². The third kappa shape index (κ3) is 5.65. The summed E-state index contributed by atoms with van der Waals surface area (Å²) in [5.74, 6) is -1.94. The van der Waals surface area contributed by atoms with Gasteiger partial charge >= 0.3 is 11.9 Å². The normalized spacial score (nSPS) is 10.0. The molecule has 0 bridgehead atoms. The van der Waals surface area contributed by atoms with E-state index in [9.17, 15) is 9.59 Å². The van der Waals surface area contributed by atoms with Crippen LogP contribution in [0.25, 0.3) is 0 Å². The van der Waals surface area contributed by atoms with E-state index in [-0.39, 0.29) is 45.4 Å². The van der Waals surface area contributed by atoms with E-state index in [4.69, 9.17) is 14.9 Å². The molecule has 0 spiro atoms. The first-order valence-electron chi connectivity index (χ1n) is 7.07. The van der Waals surface area contributed by atoms with Gasteiger partial charge in [-0.1, -0.05) is 0 Å². The number of rotatable bonds is 8. The SMILES string of the molecule is Cn1c(C(=O)O)cc[n+]1CCOCC[n+]1ccc(C(=O)O)n1C.[Br-].[Br-]. The number of aromatic nitrogens is 4. The average molecular weight is 484 g/mol. The van der Waals surface area contributed by atoms with E-state index in [0.29, 0.717) is 26.3 Å². The molecule has 0 aliphatic heterocycles. The van der Waals surface area contributed by atoms with Gasteiger partial charge in [0.25, 0.3) is 0 Å². The molecule has 0 unspecified atom stereocenters. The Morgan fingerprint density at radius 2 is 1.28 bits per heavy atom. The standard InChI is InChI=1S/C14H18N4O5.2BrH/c1-15-11(13(19)20)3-5-17(15)7-9-23-10-8-18-6-4-12(14(21)22)16(18)2;;/h3-6H,7-10H2,1-2H3;2*1H. The van der Waals surface area contributed by atoms with Gasteiger partial charge in [-0.05, 0) is 0 Å². The number of ether oxygens (including phenoxy) is 1. The maximum atomic E-state index is 10.9.